The molecular formula is C27H41N3O. The Kier molecular flexibility index (Phi) is 5.48. The van der Waals surface area contributed by atoms with E-state index in [0.29, 0.717) is 17.0 Å². The van der Waals surface area contributed by atoms with E-state index in [1.807, 2.05) is 16.9 Å². The summed E-state index contributed by atoms with van der Waals surface area (Å²) in [5.74, 6) is 5.73. The fraction of sp³-hybridized carbons (Fsp3) is 0.852. The number of fused-ring (bicyclic) bond motifs is 5. The molecule has 0 aromatic carbocycles. The Morgan fingerprint density at radius 2 is 1.97 bits per heavy atom. The minimum absolute atomic E-state index is 0.372. The van der Waals surface area contributed by atoms with Gasteiger partial charge in [0.15, 0.2) is 5.69 Å². The van der Waals surface area contributed by atoms with Crippen molar-refractivity contribution in [2.45, 2.75) is 97.1 Å². The minimum Gasteiger partial charge on any atom is -0.390 e. The molecule has 1 heterocycles. The maximum atomic E-state index is 10.9. The molecule has 1 unspecified atom stereocenters. The van der Waals surface area contributed by atoms with E-state index in [2.05, 4.69) is 31.9 Å². The van der Waals surface area contributed by atoms with Crippen LogP contribution in [0, 0.1) is 58.2 Å². The van der Waals surface area contributed by atoms with Crippen molar-refractivity contribution in [1.29, 1.82) is 5.26 Å². The average molecular weight is 424 g/mol. The molecular weight excluding hydrogens is 382 g/mol. The lowest BCUT2D eigenvalue weighted by Gasteiger charge is -2.57. The van der Waals surface area contributed by atoms with Crippen molar-refractivity contribution in [3.63, 3.8) is 0 Å². The highest BCUT2D eigenvalue weighted by Gasteiger charge is 2.58. The Morgan fingerprint density at radius 1 is 1.16 bits per heavy atom. The number of rotatable bonds is 4. The van der Waals surface area contributed by atoms with E-state index in [1.165, 1.54) is 44.9 Å². The Labute approximate surface area is 188 Å². The second-order valence-corrected chi connectivity index (χ2v) is 12.0. The summed E-state index contributed by atoms with van der Waals surface area (Å²) in [5, 5.41) is 24.4. The first-order chi connectivity index (χ1) is 14.9. The normalized spacial score (nSPS) is 45.3. The van der Waals surface area contributed by atoms with Crippen molar-refractivity contribution in [2.24, 2.45) is 46.8 Å². The zero-order valence-corrected chi connectivity index (χ0v) is 19.8. The van der Waals surface area contributed by atoms with E-state index >= 15 is 0 Å². The number of nitriles is 1. The van der Waals surface area contributed by atoms with Crippen molar-refractivity contribution in [1.82, 2.24) is 9.78 Å². The van der Waals surface area contributed by atoms with Crippen LogP contribution in [0.4, 0.5) is 0 Å². The summed E-state index contributed by atoms with van der Waals surface area (Å²) >= 11 is 0. The second-order valence-electron chi connectivity index (χ2n) is 12.0. The van der Waals surface area contributed by atoms with Crippen LogP contribution in [0.25, 0.3) is 0 Å². The summed E-state index contributed by atoms with van der Waals surface area (Å²) in [7, 11) is 0. The number of aromatic nitrogens is 2. The van der Waals surface area contributed by atoms with E-state index in [9.17, 15) is 5.11 Å². The van der Waals surface area contributed by atoms with Gasteiger partial charge in [-0.2, -0.15) is 10.4 Å². The van der Waals surface area contributed by atoms with Crippen LogP contribution in [0.2, 0.25) is 0 Å². The van der Waals surface area contributed by atoms with Gasteiger partial charge in [0.05, 0.1) is 5.60 Å². The predicted octanol–water partition coefficient (Wildman–Crippen LogP) is 5.80. The van der Waals surface area contributed by atoms with Gasteiger partial charge in [0.1, 0.15) is 6.07 Å². The monoisotopic (exact) mass is 423 g/mol. The van der Waals surface area contributed by atoms with Crippen LogP contribution in [0.5, 0.6) is 0 Å². The van der Waals surface area contributed by atoms with Gasteiger partial charge in [-0.25, -0.2) is 0 Å². The first-order valence-corrected chi connectivity index (χ1v) is 13.0. The molecule has 31 heavy (non-hydrogen) atoms. The van der Waals surface area contributed by atoms with Crippen molar-refractivity contribution >= 4 is 0 Å². The van der Waals surface area contributed by atoms with E-state index in [-0.39, 0.29) is 5.60 Å². The molecule has 1 N–H and O–H groups in total. The standard InChI is InChI=1S/C27H41N3O/c1-4-27(31)13-10-21-19(15-27)5-6-23-22(21)9-12-26(3)24(7-8-25(23)26)18(2)17-30-14-11-20(16-28)29-30/h11,14,18-19,21-25,31H,4-10,12-13,15,17H2,1-3H3/t18-,19+,21-,22+,23+,24?,25-,26+,27+/m0/s1. The first kappa shape index (κ1) is 21.5. The van der Waals surface area contributed by atoms with Crippen LogP contribution in [-0.4, -0.2) is 20.5 Å². The zero-order chi connectivity index (χ0) is 21.8. The van der Waals surface area contributed by atoms with Crippen molar-refractivity contribution < 1.29 is 5.11 Å². The van der Waals surface area contributed by atoms with Gasteiger partial charge in [-0.05, 0) is 117 Å². The zero-order valence-electron chi connectivity index (χ0n) is 19.8. The van der Waals surface area contributed by atoms with Crippen molar-refractivity contribution in [2.75, 3.05) is 0 Å². The van der Waals surface area contributed by atoms with E-state index in [0.717, 1.165) is 61.3 Å². The first-order valence-electron chi connectivity index (χ1n) is 13.0. The summed E-state index contributed by atoms with van der Waals surface area (Å²) in [4.78, 5) is 0. The van der Waals surface area contributed by atoms with E-state index < -0.39 is 0 Å². The summed E-state index contributed by atoms with van der Waals surface area (Å²) in [6.45, 7) is 8.14. The molecule has 4 aliphatic carbocycles. The summed E-state index contributed by atoms with van der Waals surface area (Å²) in [6.07, 6.45) is 14.6. The van der Waals surface area contributed by atoms with Gasteiger partial charge in [-0.1, -0.05) is 20.8 Å². The molecule has 0 bridgehead atoms. The molecule has 5 rings (SSSR count). The molecule has 4 fully saturated rings. The van der Waals surface area contributed by atoms with Gasteiger partial charge in [0.2, 0.25) is 0 Å². The van der Waals surface area contributed by atoms with Gasteiger partial charge in [0.25, 0.3) is 0 Å². The lowest BCUT2D eigenvalue weighted by Crippen LogP contribution is -2.51. The van der Waals surface area contributed by atoms with Gasteiger partial charge in [-0.15, -0.1) is 0 Å². The number of hydrogen-bond acceptors (Lipinski definition) is 3. The molecule has 4 saturated carbocycles. The number of hydrogen-bond donors (Lipinski definition) is 1. The molecule has 0 saturated heterocycles. The summed E-state index contributed by atoms with van der Waals surface area (Å²) < 4.78 is 1.99. The molecule has 1 aromatic heterocycles. The highest BCUT2D eigenvalue weighted by Crippen LogP contribution is 2.65. The Morgan fingerprint density at radius 3 is 2.71 bits per heavy atom. The van der Waals surface area contributed by atoms with Crippen LogP contribution in [0.15, 0.2) is 12.3 Å². The van der Waals surface area contributed by atoms with E-state index in [4.69, 9.17) is 5.26 Å². The van der Waals surface area contributed by atoms with Crippen molar-refractivity contribution in [3.8, 4) is 6.07 Å². The number of aliphatic hydroxyl groups is 1. The molecule has 4 nitrogen and oxygen atoms in total. The summed E-state index contributed by atoms with van der Waals surface area (Å²) in [6, 6.07) is 3.99. The fourth-order valence-corrected chi connectivity index (χ4v) is 9.20. The van der Waals surface area contributed by atoms with Crippen LogP contribution >= 0.6 is 0 Å². The van der Waals surface area contributed by atoms with E-state index in [1.54, 1.807) is 0 Å². The molecule has 0 amide bonds. The van der Waals surface area contributed by atoms with Crippen LogP contribution < -0.4 is 0 Å². The molecule has 0 spiro atoms. The highest BCUT2D eigenvalue weighted by atomic mass is 16.3. The third-order valence-electron chi connectivity index (χ3n) is 10.8. The molecule has 1 aromatic rings. The average Bonchev–Trinajstić information content (AvgIpc) is 3.36. The fourth-order valence-electron chi connectivity index (χ4n) is 9.20. The predicted molar refractivity (Wildman–Crippen MR) is 122 cm³/mol. The van der Waals surface area contributed by atoms with Gasteiger partial charge >= 0.3 is 0 Å². The maximum Gasteiger partial charge on any atom is 0.162 e. The lowest BCUT2D eigenvalue weighted by molar-refractivity contribution is -0.109. The number of nitrogens with zero attached hydrogens (tertiary/aromatic N) is 3. The minimum atomic E-state index is -0.372. The largest absolute Gasteiger partial charge is 0.390 e. The van der Waals surface area contributed by atoms with Crippen molar-refractivity contribution in [3.05, 3.63) is 18.0 Å². The smallest absolute Gasteiger partial charge is 0.162 e. The third kappa shape index (κ3) is 3.56. The Bertz CT molecular complexity index is 842. The molecule has 4 heteroatoms. The van der Waals surface area contributed by atoms with Crippen LogP contribution in [0.3, 0.4) is 0 Å². The molecule has 4 aliphatic rings. The quantitative estimate of drug-likeness (QED) is 0.665. The van der Waals surface area contributed by atoms with Crippen LogP contribution in [0.1, 0.15) is 90.7 Å². The topological polar surface area (TPSA) is 61.8 Å². The molecule has 9 atom stereocenters. The molecule has 170 valence electrons. The van der Waals surface area contributed by atoms with Crippen LogP contribution in [-0.2, 0) is 6.54 Å². The maximum absolute atomic E-state index is 10.9. The highest BCUT2D eigenvalue weighted by molar-refractivity contribution is 5.16. The Hall–Kier alpha value is -1.34. The SMILES string of the molecule is CC[C@@]1(O)CC[C@H]2[C@H](CC[C@@H]3[C@@H]2CC[C@]2(C)C([C@@H](C)Cn4ccc(C#N)n4)CC[C@@H]32)C1. The van der Waals surface area contributed by atoms with Gasteiger partial charge in [-0.3, -0.25) is 4.68 Å². The third-order valence-corrected chi connectivity index (χ3v) is 10.8. The van der Waals surface area contributed by atoms with Gasteiger partial charge < -0.3 is 5.11 Å². The summed E-state index contributed by atoms with van der Waals surface area (Å²) in [5.41, 5.74) is 0.628. The van der Waals surface area contributed by atoms with Gasteiger partial charge in [0, 0.05) is 12.7 Å². The lowest BCUT2D eigenvalue weighted by atomic mass is 9.48. The Balaban J connectivity index is 1.29. The molecule has 0 radical (unpaired) electrons. The molecule has 0 aliphatic heterocycles. The second kappa shape index (κ2) is 7.91.